The molecule has 5 heteroatoms. The van der Waals surface area contributed by atoms with E-state index in [9.17, 15) is 9.18 Å². The maximum atomic E-state index is 13.9. The zero-order valence-corrected chi connectivity index (χ0v) is 14.8. The number of rotatable bonds is 4. The van der Waals surface area contributed by atoms with Crippen LogP contribution >= 0.6 is 0 Å². The molecule has 1 heterocycles. The van der Waals surface area contributed by atoms with E-state index in [-0.39, 0.29) is 11.7 Å². The molecule has 132 valence electrons. The maximum Gasteiger partial charge on any atom is 0.238 e. The van der Waals surface area contributed by atoms with Crippen LogP contribution in [0.15, 0.2) is 42.5 Å². The Kier molecular flexibility index (Phi) is 5.34. The second-order valence-corrected chi connectivity index (χ2v) is 6.53. The number of halogens is 1. The summed E-state index contributed by atoms with van der Waals surface area (Å²) >= 11 is 0. The first kappa shape index (κ1) is 17.4. The van der Waals surface area contributed by atoms with Gasteiger partial charge in [0.2, 0.25) is 5.91 Å². The fourth-order valence-electron chi connectivity index (χ4n) is 3.25. The van der Waals surface area contributed by atoms with Crippen LogP contribution in [0.1, 0.15) is 11.1 Å². The van der Waals surface area contributed by atoms with Crippen LogP contribution in [0.4, 0.5) is 15.8 Å². The minimum Gasteiger partial charge on any atom is -0.367 e. The van der Waals surface area contributed by atoms with Crippen LogP contribution in [-0.2, 0) is 4.79 Å². The number of nitrogens with zero attached hydrogens (tertiary/aromatic N) is 2. The zero-order valence-electron chi connectivity index (χ0n) is 14.8. The Hall–Kier alpha value is -2.40. The lowest BCUT2D eigenvalue weighted by Crippen LogP contribution is -2.49. The van der Waals surface area contributed by atoms with Crippen LogP contribution in [0.5, 0.6) is 0 Å². The van der Waals surface area contributed by atoms with Crippen molar-refractivity contribution in [2.24, 2.45) is 0 Å². The van der Waals surface area contributed by atoms with Gasteiger partial charge in [-0.25, -0.2) is 4.39 Å². The Morgan fingerprint density at radius 3 is 2.28 bits per heavy atom. The zero-order chi connectivity index (χ0) is 17.8. The number of hydrogen-bond donors (Lipinski definition) is 1. The van der Waals surface area contributed by atoms with E-state index in [1.807, 2.05) is 43.0 Å². The van der Waals surface area contributed by atoms with E-state index in [1.54, 1.807) is 12.1 Å². The Morgan fingerprint density at radius 1 is 1.00 bits per heavy atom. The highest BCUT2D eigenvalue weighted by atomic mass is 19.1. The lowest BCUT2D eigenvalue weighted by atomic mass is 10.1. The van der Waals surface area contributed by atoms with Gasteiger partial charge in [0.05, 0.1) is 12.2 Å². The molecule has 4 nitrogen and oxygen atoms in total. The average Bonchev–Trinajstić information content (AvgIpc) is 2.60. The van der Waals surface area contributed by atoms with E-state index in [4.69, 9.17) is 0 Å². The molecule has 0 aromatic heterocycles. The van der Waals surface area contributed by atoms with E-state index in [2.05, 4.69) is 10.2 Å². The summed E-state index contributed by atoms with van der Waals surface area (Å²) in [6, 6.07) is 12.8. The fourth-order valence-corrected chi connectivity index (χ4v) is 3.25. The van der Waals surface area contributed by atoms with Gasteiger partial charge in [0.15, 0.2) is 0 Å². The summed E-state index contributed by atoms with van der Waals surface area (Å²) in [6.07, 6.45) is 0. The van der Waals surface area contributed by atoms with Crippen molar-refractivity contribution in [1.29, 1.82) is 0 Å². The summed E-state index contributed by atoms with van der Waals surface area (Å²) in [5.74, 6) is -0.194. The largest absolute Gasteiger partial charge is 0.367 e. The molecule has 1 amide bonds. The van der Waals surface area contributed by atoms with Crippen molar-refractivity contribution in [3.8, 4) is 0 Å². The van der Waals surface area contributed by atoms with E-state index in [0.29, 0.717) is 12.2 Å². The number of anilines is 2. The first-order valence-electron chi connectivity index (χ1n) is 8.62. The van der Waals surface area contributed by atoms with Gasteiger partial charge >= 0.3 is 0 Å². The van der Waals surface area contributed by atoms with Crippen LogP contribution in [-0.4, -0.2) is 43.5 Å². The van der Waals surface area contributed by atoms with Crippen LogP contribution in [0.25, 0.3) is 0 Å². The Morgan fingerprint density at radius 2 is 1.64 bits per heavy atom. The minimum atomic E-state index is -0.191. The molecule has 1 aliphatic rings. The number of para-hydroxylation sites is 2. The normalized spacial score (nSPS) is 15.2. The van der Waals surface area contributed by atoms with Crippen molar-refractivity contribution in [3.63, 3.8) is 0 Å². The monoisotopic (exact) mass is 341 g/mol. The lowest BCUT2D eigenvalue weighted by Gasteiger charge is -2.35. The summed E-state index contributed by atoms with van der Waals surface area (Å²) in [7, 11) is 0. The lowest BCUT2D eigenvalue weighted by molar-refractivity contribution is -0.117. The van der Waals surface area contributed by atoms with Gasteiger partial charge in [-0.3, -0.25) is 9.69 Å². The molecule has 1 aliphatic heterocycles. The molecule has 0 radical (unpaired) electrons. The van der Waals surface area contributed by atoms with Gasteiger partial charge in [0.1, 0.15) is 5.82 Å². The van der Waals surface area contributed by atoms with Crippen molar-refractivity contribution in [1.82, 2.24) is 4.90 Å². The van der Waals surface area contributed by atoms with E-state index < -0.39 is 0 Å². The van der Waals surface area contributed by atoms with Gasteiger partial charge in [0.25, 0.3) is 0 Å². The van der Waals surface area contributed by atoms with Crippen LogP contribution in [0.2, 0.25) is 0 Å². The van der Waals surface area contributed by atoms with Gasteiger partial charge in [-0.15, -0.1) is 0 Å². The average molecular weight is 341 g/mol. The predicted molar refractivity (Wildman–Crippen MR) is 99.6 cm³/mol. The third-order valence-corrected chi connectivity index (χ3v) is 4.68. The Bertz CT molecular complexity index is 734. The molecule has 2 aromatic rings. The first-order chi connectivity index (χ1) is 12.0. The number of carbonyl (C=O) groups excluding carboxylic acids is 1. The number of benzene rings is 2. The maximum absolute atomic E-state index is 13.9. The summed E-state index contributed by atoms with van der Waals surface area (Å²) in [4.78, 5) is 16.5. The second-order valence-electron chi connectivity index (χ2n) is 6.53. The van der Waals surface area contributed by atoms with Crippen LogP contribution in [0.3, 0.4) is 0 Å². The number of aryl methyl sites for hydroxylation is 2. The summed E-state index contributed by atoms with van der Waals surface area (Å²) in [5.41, 5.74) is 3.68. The predicted octanol–water partition coefficient (Wildman–Crippen LogP) is 3.20. The third-order valence-electron chi connectivity index (χ3n) is 4.68. The summed E-state index contributed by atoms with van der Waals surface area (Å²) < 4.78 is 13.9. The minimum absolute atomic E-state index is 0.00302. The van der Waals surface area contributed by atoms with Crippen LogP contribution < -0.4 is 10.2 Å². The molecule has 1 N–H and O–H groups in total. The van der Waals surface area contributed by atoms with Crippen molar-refractivity contribution >= 4 is 17.3 Å². The van der Waals surface area contributed by atoms with Gasteiger partial charge in [-0.2, -0.15) is 0 Å². The standard InChI is InChI=1S/C20H24FN3O/c1-15-6-5-7-16(2)20(15)22-19(25)14-23-10-12-24(13-11-23)18-9-4-3-8-17(18)21/h3-9H,10-14H2,1-2H3,(H,22,25). The SMILES string of the molecule is Cc1cccc(C)c1NC(=O)CN1CCN(c2ccccc2F)CC1. The highest BCUT2D eigenvalue weighted by Crippen LogP contribution is 2.21. The Balaban J connectivity index is 1.54. The molecule has 0 bridgehead atoms. The van der Waals surface area contributed by atoms with Gasteiger partial charge in [0, 0.05) is 31.9 Å². The smallest absolute Gasteiger partial charge is 0.238 e. The Labute approximate surface area is 148 Å². The van der Waals surface area contributed by atoms with Crippen molar-refractivity contribution in [2.75, 3.05) is 42.9 Å². The van der Waals surface area contributed by atoms with Crippen molar-refractivity contribution in [2.45, 2.75) is 13.8 Å². The molecular formula is C20H24FN3O. The van der Waals surface area contributed by atoms with Crippen molar-refractivity contribution < 1.29 is 9.18 Å². The fraction of sp³-hybridized carbons (Fsp3) is 0.350. The molecule has 1 fully saturated rings. The molecule has 3 rings (SSSR count). The molecule has 0 unspecified atom stereocenters. The second kappa shape index (κ2) is 7.66. The van der Waals surface area contributed by atoms with E-state index in [1.165, 1.54) is 6.07 Å². The van der Waals surface area contributed by atoms with Gasteiger partial charge < -0.3 is 10.2 Å². The third kappa shape index (κ3) is 4.17. The molecule has 0 atom stereocenters. The summed E-state index contributed by atoms with van der Waals surface area (Å²) in [6.45, 7) is 7.28. The summed E-state index contributed by atoms with van der Waals surface area (Å²) in [5, 5.41) is 3.02. The number of amides is 1. The van der Waals surface area contributed by atoms with Crippen LogP contribution in [0, 0.1) is 19.7 Å². The topological polar surface area (TPSA) is 35.6 Å². The molecule has 1 saturated heterocycles. The number of carbonyl (C=O) groups is 1. The highest BCUT2D eigenvalue weighted by Gasteiger charge is 2.21. The number of nitrogens with one attached hydrogen (secondary N) is 1. The van der Waals surface area contributed by atoms with Crippen molar-refractivity contribution in [3.05, 3.63) is 59.4 Å². The number of piperazine rings is 1. The van der Waals surface area contributed by atoms with Gasteiger partial charge in [-0.05, 0) is 37.1 Å². The van der Waals surface area contributed by atoms with E-state index >= 15 is 0 Å². The van der Waals surface area contributed by atoms with Gasteiger partial charge in [-0.1, -0.05) is 30.3 Å². The molecule has 0 aliphatic carbocycles. The quantitative estimate of drug-likeness (QED) is 0.928. The molecule has 25 heavy (non-hydrogen) atoms. The van der Waals surface area contributed by atoms with E-state index in [0.717, 1.165) is 43.0 Å². The highest BCUT2D eigenvalue weighted by molar-refractivity contribution is 5.93. The molecule has 0 saturated carbocycles. The molecule has 0 spiro atoms. The molecular weight excluding hydrogens is 317 g/mol. The number of hydrogen-bond acceptors (Lipinski definition) is 3. The first-order valence-corrected chi connectivity index (χ1v) is 8.62. The molecule has 2 aromatic carbocycles.